The number of sulfonamides is 1. The van der Waals surface area contributed by atoms with Crippen LogP contribution < -0.4 is 4.72 Å². The summed E-state index contributed by atoms with van der Waals surface area (Å²) in [5.41, 5.74) is 0. The molecule has 1 aliphatic carbocycles. The van der Waals surface area contributed by atoms with Crippen LogP contribution in [0.3, 0.4) is 0 Å². The molecule has 2 aromatic rings. The van der Waals surface area contributed by atoms with E-state index in [2.05, 4.69) is 4.72 Å². The third kappa shape index (κ3) is 3.24. The number of hydrogen-bond acceptors (Lipinski definition) is 3. The van der Waals surface area contributed by atoms with E-state index in [1.807, 2.05) is 19.1 Å². The molecule has 1 fully saturated rings. The lowest BCUT2D eigenvalue weighted by molar-refractivity contribution is 0.0277. The molecule has 0 aromatic heterocycles. The molecule has 0 saturated heterocycles. The zero-order chi connectivity index (χ0) is 16.6. The lowest BCUT2D eigenvalue weighted by Gasteiger charge is -2.37. The predicted octanol–water partition coefficient (Wildman–Crippen LogP) is 3.32. The van der Waals surface area contributed by atoms with Crippen molar-refractivity contribution < 1.29 is 13.5 Å². The number of aliphatic hydroxyl groups is 1. The lowest BCUT2D eigenvalue weighted by atomic mass is 9.77. The summed E-state index contributed by atoms with van der Waals surface area (Å²) >= 11 is 6.23. The normalized spacial score (nSPS) is 22.7. The Morgan fingerprint density at radius 3 is 2.52 bits per heavy atom. The lowest BCUT2D eigenvalue weighted by Crippen LogP contribution is -2.46. The Kier molecular flexibility index (Phi) is 4.65. The van der Waals surface area contributed by atoms with Gasteiger partial charge in [0.25, 0.3) is 0 Å². The third-order valence-electron chi connectivity index (χ3n) is 4.57. The topological polar surface area (TPSA) is 66.4 Å². The van der Waals surface area contributed by atoms with Gasteiger partial charge in [-0.25, -0.2) is 13.1 Å². The molecular weight excluding hydrogens is 334 g/mol. The van der Waals surface area contributed by atoms with Crippen LogP contribution in [0.5, 0.6) is 0 Å². The molecule has 1 atom stereocenters. The van der Waals surface area contributed by atoms with Crippen LogP contribution in [0.1, 0.15) is 26.2 Å². The standard InChI is InChI=1S/C17H20ClNO3S/c1-2-15(12-9-13(20)10-12)19-23(21,22)16-8-4-6-11-5-3-7-14(18)17(11)16/h3-8,12-13,15,19-20H,2,9-10H2,1H3. The van der Waals surface area contributed by atoms with Gasteiger partial charge in [-0.3, -0.25) is 0 Å². The predicted molar refractivity (Wildman–Crippen MR) is 92.1 cm³/mol. The molecule has 3 rings (SSSR count). The number of fused-ring (bicyclic) bond motifs is 1. The van der Waals surface area contributed by atoms with Crippen LogP contribution in [-0.4, -0.2) is 25.7 Å². The van der Waals surface area contributed by atoms with Gasteiger partial charge in [-0.15, -0.1) is 0 Å². The average molecular weight is 354 g/mol. The van der Waals surface area contributed by atoms with Crippen molar-refractivity contribution in [3.8, 4) is 0 Å². The molecule has 2 N–H and O–H groups in total. The first-order chi connectivity index (χ1) is 10.9. The van der Waals surface area contributed by atoms with Crippen molar-refractivity contribution in [2.45, 2.75) is 43.2 Å². The Morgan fingerprint density at radius 1 is 1.26 bits per heavy atom. The van der Waals surface area contributed by atoms with Crippen molar-refractivity contribution in [1.82, 2.24) is 4.72 Å². The highest BCUT2D eigenvalue weighted by Gasteiger charge is 2.35. The van der Waals surface area contributed by atoms with Gasteiger partial charge >= 0.3 is 0 Å². The maximum atomic E-state index is 12.9. The van der Waals surface area contributed by atoms with Crippen molar-refractivity contribution >= 4 is 32.4 Å². The van der Waals surface area contributed by atoms with E-state index in [1.165, 1.54) is 0 Å². The largest absolute Gasteiger partial charge is 0.393 e. The summed E-state index contributed by atoms with van der Waals surface area (Å²) < 4.78 is 28.5. The van der Waals surface area contributed by atoms with E-state index >= 15 is 0 Å². The van der Waals surface area contributed by atoms with Gasteiger partial charge in [0.1, 0.15) is 0 Å². The summed E-state index contributed by atoms with van der Waals surface area (Å²) in [4.78, 5) is 0.207. The van der Waals surface area contributed by atoms with Crippen LogP contribution in [0, 0.1) is 5.92 Å². The molecule has 6 heteroatoms. The number of nitrogens with one attached hydrogen (secondary N) is 1. The molecule has 0 aliphatic heterocycles. The van der Waals surface area contributed by atoms with Gasteiger partial charge in [-0.1, -0.05) is 42.8 Å². The number of halogens is 1. The second kappa shape index (κ2) is 6.40. The number of aliphatic hydroxyl groups excluding tert-OH is 1. The van der Waals surface area contributed by atoms with E-state index in [-0.39, 0.29) is 23.0 Å². The SMILES string of the molecule is CCC(NS(=O)(=O)c1cccc2cccc(Cl)c12)C1CC(O)C1. The second-order valence-electron chi connectivity index (χ2n) is 6.12. The summed E-state index contributed by atoms with van der Waals surface area (Å²) in [5, 5.41) is 11.2. The van der Waals surface area contributed by atoms with Gasteiger partial charge in [0.15, 0.2) is 0 Å². The number of benzene rings is 2. The first kappa shape index (κ1) is 16.7. The van der Waals surface area contributed by atoms with E-state index in [4.69, 9.17) is 11.6 Å². The molecule has 0 radical (unpaired) electrons. The van der Waals surface area contributed by atoms with Crippen LogP contribution >= 0.6 is 11.6 Å². The van der Waals surface area contributed by atoms with Crippen LogP contribution in [0.4, 0.5) is 0 Å². The Hall–Kier alpha value is -1.14. The highest BCUT2D eigenvalue weighted by molar-refractivity contribution is 7.89. The Labute approximate surface area is 141 Å². The molecule has 2 aromatic carbocycles. The zero-order valence-electron chi connectivity index (χ0n) is 12.9. The minimum Gasteiger partial charge on any atom is -0.393 e. The summed E-state index contributed by atoms with van der Waals surface area (Å²) in [6, 6.07) is 10.3. The fourth-order valence-corrected chi connectivity index (χ4v) is 5.20. The molecule has 0 heterocycles. The van der Waals surface area contributed by atoms with Crippen LogP contribution in [0.2, 0.25) is 5.02 Å². The highest BCUT2D eigenvalue weighted by Crippen LogP contribution is 2.34. The minimum atomic E-state index is -3.68. The maximum Gasteiger partial charge on any atom is 0.241 e. The van der Waals surface area contributed by atoms with E-state index in [0.717, 1.165) is 5.39 Å². The first-order valence-corrected chi connectivity index (χ1v) is 9.66. The molecule has 1 saturated carbocycles. The van der Waals surface area contributed by atoms with Crippen LogP contribution in [0.25, 0.3) is 10.8 Å². The molecule has 0 bridgehead atoms. The van der Waals surface area contributed by atoms with Crippen molar-refractivity contribution in [2.75, 3.05) is 0 Å². The van der Waals surface area contributed by atoms with Gasteiger partial charge < -0.3 is 5.11 Å². The molecular formula is C17H20ClNO3S. The van der Waals surface area contributed by atoms with E-state index < -0.39 is 10.0 Å². The monoisotopic (exact) mass is 353 g/mol. The van der Waals surface area contributed by atoms with Gasteiger partial charge in [-0.2, -0.15) is 0 Å². The van der Waals surface area contributed by atoms with Gasteiger partial charge in [0.05, 0.1) is 11.0 Å². The number of rotatable bonds is 5. The van der Waals surface area contributed by atoms with E-state index in [9.17, 15) is 13.5 Å². The summed E-state index contributed by atoms with van der Waals surface area (Å²) in [7, 11) is -3.68. The zero-order valence-corrected chi connectivity index (χ0v) is 14.4. The molecule has 124 valence electrons. The van der Waals surface area contributed by atoms with Crippen molar-refractivity contribution in [3.63, 3.8) is 0 Å². The van der Waals surface area contributed by atoms with Crippen molar-refractivity contribution in [2.24, 2.45) is 5.92 Å². The first-order valence-electron chi connectivity index (χ1n) is 7.80. The Balaban J connectivity index is 1.97. The third-order valence-corrected chi connectivity index (χ3v) is 6.42. The van der Waals surface area contributed by atoms with Crippen LogP contribution in [-0.2, 0) is 10.0 Å². The maximum absolute atomic E-state index is 12.9. The second-order valence-corrected chi connectivity index (χ2v) is 8.21. The molecule has 0 spiro atoms. The van der Waals surface area contributed by atoms with Crippen LogP contribution in [0.15, 0.2) is 41.3 Å². The Morgan fingerprint density at radius 2 is 1.91 bits per heavy atom. The molecule has 1 unspecified atom stereocenters. The molecule has 0 amide bonds. The summed E-state index contributed by atoms with van der Waals surface area (Å²) in [6.07, 6.45) is 1.69. The summed E-state index contributed by atoms with van der Waals surface area (Å²) in [6.45, 7) is 1.95. The van der Waals surface area contributed by atoms with Gasteiger partial charge in [0, 0.05) is 16.5 Å². The van der Waals surface area contributed by atoms with Gasteiger partial charge in [-0.05, 0) is 42.7 Å². The van der Waals surface area contributed by atoms with E-state index in [1.54, 1.807) is 24.3 Å². The molecule has 1 aliphatic rings. The van der Waals surface area contributed by atoms with Crippen molar-refractivity contribution in [3.05, 3.63) is 41.4 Å². The smallest absolute Gasteiger partial charge is 0.241 e. The summed E-state index contributed by atoms with van der Waals surface area (Å²) in [5.74, 6) is 0.190. The quantitative estimate of drug-likeness (QED) is 0.866. The van der Waals surface area contributed by atoms with Crippen molar-refractivity contribution in [1.29, 1.82) is 0 Å². The fraction of sp³-hybridized carbons (Fsp3) is 0.412. The van der Waals surface area contributed by atoms with Gasteiger partial charge in [0.2, 0.25) is 10.0 Å². The highest BCUT2D eigenvalue weighted by atomic mass is 35.5. The number of hydrogen-bond donors (Lipinski definition) is 2. The molecule has 23 heavy (non-hydrogen) atoms. The Bertz CT molecular complexity index is 810. The average Bonchev–Trinajstić information content (AvgIpc) is 2.49. The fourth-order valence-electron chi connectivity index (χ4n) is 3.22. The van der Waals surface area contributed by atoms with E-state index in [0.29, 0.717) is 29.7 Å². The molecule has 4 nitrogen and oxygen atoms in total. The minimum absolute atomic E-state index is 0.166.